The van der Waals surface area contributed by atoms with Crippen LogP contribution in [0, 0.1) is 24.6 Å². The van der Waals surface area contributed by atoms with Crippen molar-refractivity contribution < 1.29 is 22.3 Å². The van der Waals surface area contributed by atoms with Gasteiger partial charge in [-0.1, -0.05) is 0 Å². The summed E-state index contributed by atoms with van der Waals surface area (Å²) in [7, 11) is 0. The average Bonchev–Trinajstić information content (AvgIpc) is 3.32. The molecule has 0 bridgehead atoms. The van der Waals surface area contributed by atoms with Crippen molar-refractivity contribution in [1.82, 2.24) is 14.5 Å². The van der Waals surface area contributed by atoms with Crippen molar-refractivity contribution in [2.24, 2.45) is 11.8 Å². The molecule has 4 heterocycles. The van der Waals surface area contributed by atoms with Crippen molar-refractivity contribution >= 4 is 21.8 Å². The number of aryl methyl sites for hydroxylation is 1. The monoisotopic (exact) mass is 407 g/mol. The van der Waals surface area contributed by atoms with Crippen LogP contribution < -0.4 is 0 Å². The Labute approximate surface area is 165 Å². The summed E-state index contributed by atoms with van der Waals surface area (Å²) < 4.78 is 62.5. The summed E-state index contributed by atoms with van der Waals surface area (Å²) in [5.41, 5.74) is 0.134. The largest absolute Gasteiger partial charge is 0.435 e. The maximum absolute atomic E-state index is 14.2. The highest BCUT2D eigenvalue weighted by atomic mass is 19.4. The van der Waals surface area contributed by atoms with Gasteiger partial charge in [0.05, 0.1) is 18.7 Å². The Morgan fingerprint density at radius 2 is 1.83 bits per heavy atom. The van der Waals surface area contributed by atoms with Crippen molar-refractivity contribution in [3.63, 3.8) is 0 Å². The highest BCUT2D eigenvalue weighted by Gasteiger charge is 2.38. The van der Waals surface area contributed by atoms with E-state index in [4.69, 9.17) is 4.74 Å². The molecule has 0 saturated carbocycles. The third-order valence-electron chi connectivity index (χ3n) is 6.28. The number of rotatable bonds is 3. The molecular formula is C21H21F4N3O. The van der Waals surface area contributed by atoms with E-state index in [1.807, 2.05) is 0 Å². The van der Waals surface area contributed by atoms with Gasteiger partial charge in [0, 0.05) is 60.5 Å². The molecule has 154 valence electrons. The second kappa shape index (κ2) is 6.67. The van der Waals surface area contributed by atoms with Gasteiger partial charge in [-0.25, -0.2) is 9.37 Å². The lowest BCUT2D eigenvalue weighted by Crippen LogP contribution is -2.27. The van der Waals surface area contributed by atoms with Gasteiger partial charge < -0.3 is 14.2 Å². The zero-order chi connectivity index (χ0) is 20.3. The third-order valence-corrected chi connectivity index (χ3v) is 6.28. The van der Waals surface area contributed by atoms with E-state index in [-0.39, 0.29) is 5.52 Å². The molecule has 3 aromatic rings. The van der Waals surface area contributed by atoms with Crippen molar-refractivity contribution in [3.05, 3.63) is 41.5 Å². The van der Waals surface area contributed by atoms with Gasteiger partial charge >= 0.3 is 6.18 Å². The van der Waals surface area contributed by atoms with Crippen molar-refractivity contribution in [1.29, 1.82) is 0 Å². The first kappa shape index (κ1) is 18.8. The first-order valence-electron chi connectivity index (χ1n) is 9.77. The van der Waals surface area contributed by atoms with Crippen LogP contribution in [0.2, 0.25) is 0 Å². The number of halogens is 4. The lowest BCUT2D eigenvalue weighted by molar-refractivity contribution is -0.140. The van der Waals surface area contributed by atoms with Crippen LogP contribution in [0.5, 0.6) is 0 Å². The second-order valence-electron chi connectivity index (χ2n) is 8.14. The first-order valence-corrected chi connectivity index (χ1v) is 9.77. The Hall–Kier alpha value is -2.19. The number of likely N-dealkylation sites (tertiary alicyclic amines) is 1. The summed E-state index contributed by atoms with van der Waals surface area (Å²) in [6, 6.07) is 4.51. The molecule has 8 heteroatoms. The van der Waals surface area contributed by atoms with Crippen LogP contribution in [0.4, 0.5) is 17.6 Å². The molecule has 2 unspecified atom stereocenters. The van der Waals surface area contributed by atoms with Gasteiger partial charge in [0.15, 0.2) is 5.69 Å². The minimum atomic E-state index is -4.58. The topological polar surface area (TPSA) is 30.3 Å². The quantitative estimate of drug-likeness (QED) is 0.609. The zero-order valence-corrected chi connectivity index (χ0v) is 16.0. The first-order chi connectivity index (χ1) is 13.8. The van der Waals surface area contributed by atoms with E-state index < -0.39 is 17.7 Å². The predicted molar refractivity (Wildman–Crippen MR) is 101 cm³/mol. The fourth-order valence-corrected chi connectivity index (χ4v) is 4.82. The number of pyridine rings is 1. The van der Waals surface area contributed by atoms with Gasteiger partial charge in [-0.2, -0.15) is 13.2 Å². The summed E-state index contributed by atoms with van der Waals surface area (Å²) in [6.07, 6.45) is -3.43. The molecule has 2 fully saturated rings. The Bertz CT molecular complexity index is 1080. The smallest absolute Gasteiger partial charge is 0.381 e. The van der Waals surface area contributed by atoms with Crippen molar-refractivity contribution in [2.75, 3.05) is 32.8 Å². The van der Waals surface area contributed by atoms with Gasteiger partial charge in [0.2, 0.25) is 0 Å². The molecule has 2 atom stereocenters. The molecular weight excluding hydrogens is 386 g/mol. The van der Waals surface area contributed by atoms with Gasteiger partial charge in [-0.15, -0.1) is 0 Å². The fourth-order valence-electron chi connectivity index (χ4n) is 4.82. The van der Waals surface area contributed by atoms with Gasteiger partial charge in [0.1, 0.15) is 5.82 Å². The van der Waals surface area contributed by atoms with E-state index in [0.717, 1.165) is 32.5 Å². The van der Waals surface area contributed by atoms with E-state index in [9.17, 15) is 17.6 Å². The molecule has 0 N–H and O–H groups in total. The zero-order valence-electron chi connectivity index (χ0n) is 16.0. The molecule has 5 rings (SSSR count). The third kappa shape index (κ3) is 3.09. The Kier molecular flexibility index (Phi) is 4.33. The van der Waals surface area contributed by atoms with Gasteiger partial charge in [0.25, 0.3) is 0 Å². The molecule has 29 heavy (non-hydrogen) atoms. The maximum atomic E-state index is 14.2. The number of fused-ring (bicyclic) bond motifs is 4. The summed E-state index contributed by atoms with van der Waals surface area (Å²) in [6.45, 7) is 5.98. The van der Waals surface area contributed by atoms with Crippen LogP contribution in [0.1, 0.15) is 11.3 Å². The molecule has 2 aromatic heterocycles. The Morgan fingerprint density at radius 3 is 2.52 bits per heavy atom. The van der Waals surface area contributed by atoms with Crippen LogP contribution in [0.3, 0.4) is 0 Å². The second-order valence-corrected chi connectivity index (χ2v) is 8.14. The highest BCUT2D eigenvalue weighted by Crippen LogP contribution is 2.38. The lowest BCUT2D eigenvalue weighted by atomic mass is 10.0. The summed E-state index contributed by atoms with van der Waals surface area (Å²) in [5, 5.41) is 0.871. The molecule has 1 aromatic carbocycles. The Balaban J connectivity index is 1.60. The van der Waals surface area contributed by atoms with Crippen LogP contribution in [-0.2, 0) is 17.5 Å². The van der Waals surface area contributed by atoms with E-state index in [0.29, 0.717) is 46.8 Å². The van der Waals surface area contributed by atoms with Gasteiger partial charge in [-0.05, 0) is 30.7 Å². The molecule has 0 aliphatic carbocycles. The predicted octanol–water partition coefficient (Wildman–Crippen LogP) is 4.23. The molecule has 0 spiro atoms. The van der Waals surface area contributed by atoms with Crippen LogP contribution in [0.25, 0.3) is 21.8 Å². The minimum Gasteiger partial charge on any atom is -0.381 e. The SMILES string of the molecule is Cc1cc2c(cc1F)c1ccnc(C(F)(F)F)c1n2CCN1CC2COCC2C1. The Morgan fingerprint density at radius 1 is 1.10 bits per heavy atom. The normalized spacial score (nSPS) is 22.8. The van der Waals surface area contributed by atoms with Crippen LogP contribution in [-0.4, -0.2) is 47.3 Å². The molecule has 4 nitrogen and oxygen atoms in total. The lowest BCUT2D eigenvalue weighted by Gasteiger charge is -2.19. The van der Waals surface area contributed by atoms with E-state index in [1.165, 1.54) is 12.1 Å². The van der Waals surface area contributed by atoms with Crippen LogP contribution >= 0.6 is 0 Å². The van der Waals surface area contributed by atoms with Crippen molar-refractivity contribution in [2.45, 2.75) is 19.6 Å². The van der Waals surface area contributed by atoms with E-state index >= 15 is 0 Å². The standard InChI is InChI=1S/C21H21F4N3O/c1-12-6-18-16(7-17(12)22)15-2-3-26-20(21(23,24)25)19(15)28(18)5-4-27-8-13-10-29-11-14(13)9-27/h2-3,6-7,13-14H,4-5,8-11H2,1H3. The van der Waals surface area contributed by atoms with E-state index in [1.54, 1.807) is 17.6 Å². The van der Waals surface area contributed by atoms with Crippen molar-refractivity contribution in [3.8, 4) is 0 Å². The number of hydrogen-bond donors (Lipinski definition) is 0. The summed E-state index contributed by atoms with van der Waals surface area (Å²) >= 11 is 0. The average molecular weight is 407 g/mol. The number of hydrogen-bond acceptors (Lipinski definition) is 3. The summed E-state index contributed by atoms with van der Waals surface area (Å²) in [5.74, 6) is 0.600. The molecule has 2 aliphatic rings. The summed E-state index contributed by atoms with van der Waals surface area (Å²) in [4.78, 5) is 5.92. The number of alkyl halides is 3. The maximum Gasteiger partial charge on any atom is 0.435 e. The van der Waals surface area contributed by atoms with E-state index in [2.05, 4.69) is 9.88 Å². The van der Waals surface area contributed by atoms with Crippen LogP contribution in [0.15, 0.2) is 24.4 Å². The molecule has 2 saturated heterocycles. The minimum absolute atomic E-state index is 0.0303. The number of nitrogens with zero attached hydrogens (tertiary/aromatic N) is 3. The number of benzene rings is 1. The van der Waals surface area contributed by atoms with Gasteiger partial charge in [-0.3, -0.25) is 0 Å². The number of ether oxygens (including phenoxy) is 1. The number of aromatic nitrogens is 2. The molecule has 0 radical (unpaired) electrons. The molecule has 2 aliphatic heterocycles. The molecule has 0 amide bonds. The fraction of sp³-hybridized carbons (Fsp3) is 0.476. The highest BCUT2D eigenvalue weighted by molar-refractivity contribution is 6.09.